The van der Waals surface area contributed by atoms with Gasteiger partial charge in [0.2, 0.25) is 5.91 Å². The molecule has 1 aromatic heterocycles. The van der Waals surface area contributed by atoms with Crippen molar-refractivity contribution in [2.45, 2.75) is 25.0 Å². The SMILES string of the molecule is NC(=O)O[C@H]1C[C@H](NCC(=O)Nc2cccc(Br)n2)C1. The summed E-state index contributed by atoms with van der Waals surface area (Å²) in [5.74, 6) is 0.324. The first-order chi connectivity index (χ1) is 9.52. The maximum atomic E-state index is 11.7. The zero-order valence-electron chi connectivity index (χ0n) is 10.6. The van der Waals surface area contributed by atoms with Gasteiger partial charge in [0.1, 0.15) is 16.5 Å². The van der Waals surface area contributed by atoms with Gasteiger partial charge in [-0.2, -0.15) is 0 Å². The molecule has 1 heterocycles. The molecule has 1 aliphatic rings. The summed E-state index contributed by atoms with van der Waals surface area (Å²) in [5, 5.41) is 5.76. The van der Waals surface area contributed by atoms with Crippen LogP contribution in [-0.4, -0.2) is 35.7 Å². The van der Waals surface area contributed by atoms with Crippen molar-refractivity contribution in [3.8, 4) is 0 Å². The number of aromatic nitrogens is 1. The van der Waals surface area contributed by atoms with Crippen LogP contribution in [0, 0.1) is 0 Å². The van der Waals surface area contributed by atoms with Crippen LogP contribution in [0.1, 0.15) is 12.8 Å². The number of ether oxygens (including phenoxy) is 1. The predicted molar refractivity (Wildman–Crippen MR) is 76.0 cm³/mol. The molecule has 1 fully saturated rings. The van der Waals surface area contributed by atoms with Crippen LogP contribution in [0.5, 0.6) is 0 Å². The minimum Gasteiger partial charge on any atom is -0.446 e. The van der Waals surface area contributed by atoms with Gasteiger partial charge in [-0.15, -0.1) is 0 Å². The molecule has 0 atom stereocenters. The molecule has 7 nitrogen and oxygen atoms in total. The lowest BCUT2D eigenvalue weighted by Gasteiger charge is -2.34. The number of hydrogen-bond acceptors (Lipinski definition) is 5. The Hall–Kier alpha value is -1.67. The Kier molecular flexibility index (Phi) is 4.91. The summed E-state index contributed by atoms with van der Waals surface area (Å²) in [5.41, 5.74) is 4.91. The number of anilines is 1. The minimum absolute atomic E-state index is 0.139. The highest BCUT2D eigenvalue weighted by atomic mass is 79.9. The molecule has 0 bridgehead atoms. The maximum absolute atomic E-state index is 11.7. The fourth-order valence-electron chi connectivity index (χ4n) is 1.89. The van der Waals surface area contributed by atoms with E-state index in [0.29, 0.717) is 23.3 Å². The molecule has 0 spiro atoms. The van der Waals surface area contributed by atoms with Crippen molar-refractivity contribution in [1.29, 1.82) is 0 Å². The lowest BCUT2D eigenvalue weighted by atomic mass is 9.89. The lowest BCUT2D eigenvalue weighted by Crippen LogP contribution is -2.48. The number of nitrogens with zero attached hydrogens (tertiary/aromatic N) is 1. The number of primary amides is 1. The van der Waals surface area contributed by atoms with Crippen LogP contribution < -0.4 is 16.4 Å². The summed E-state index contributed by atoms with van der Waals surface area (Å²) in [6.07, 6.45) is 0.447. The number of carbonyl (C=O) groups excluding carboxylic acids is 2. The molecule has 1 aromatic rings. The Morgan fingerprint density at radius 1 is 1.45 bits per heavy atom. The van der Waals surface area contributed by atoms with Gasteiger partial charge in [-0.1, -0.05) is 6.07 Å². The summed E-state index contributed by atoms with van der Waals surface area (Å²) in [6.45, 7) is 0.183. The van der Waals surface area contributed by atoms with E-state index in [1.165, 1.54) is 0 Å². The third-order valence-electron chi connectivity index (χ3n) is 2.91. The van der Waals surface area contributed by atoms with Crippen molar-refractivity contribution < 1.29 is 14.3 Å². The summed E-state index contributed by atoms with van der Waals surface area (Å²) in [7, 11) is 0. The van der Waals surface area contributed by atoms with E-state index in [2.05, 4.69) is 31.5 Å². The second-order valence-corrected chi connectivity index (χ2v) is 5.31. The first-order valence-electron chi connectivity index (χ1n) is 6.15. The maximum Gasteiger partial charge on any atom is 0.404 e. The molecule has 2 amide bonds. The topological polar surface area (TPSA) is 106 Å². The molecule has 1 aliphatic carbocycles. The van der Waals surface area contributed by atoms with E-state index in [-0.39, 0.29) is 24.6 Å². The number of nitrogens with two attached hydrogens (primary N) is 1. The molecular formula is C12H15BrN4O3. The second kappa shape index (κ2) is 6.67. The average Bonchev–Trinajstić information content (AvgIpc) is 2.31. The van der Waals surface area contributed by atoms with E-state index in [4.69, 9.17) is 10.5 Å². The fourth-order valence-corrected chi connectivity index (χ4v) is 2.24. The summed E-state index contributed by atoms with van der Waals surface area (Å²) in [4.78, 5) is 26.3. The predicted octanol–water partition coefficient (Wildman–Crippen LogP) is 0.998. The summed E-state index contributed by atoms with van der Waals surface area (Å²) >= 11 is 3.23. The van der Waals surface area contributed by atoms with Gasteiger partial charge in [-0.25, -0.2) is 9.78 Å². The van der Waals surface area contributed by atoms with Crippen LogP contribution in [0.3, 0.4) is 0 Å². The van der Waals surface area contributed by atoms with E-state index < -0.39 is 6.09 Å². The lowest BCUT2D eigenvalue weighted by molar-refractivity contribution is -0.115. The van der Waals surface area contributed by atoms with Crippen molar-refractivity contribution in [1.82, 2.24) is 10.3 Å². The molecular weight excluding hydrogens is 328 g/mol. The Labute approximate surface area is 124 Å². The van der Waals surface area contributed by atoms with Gasteiger partial charge in [0, 0.05) is 6.04 Å². The molecule has 8 heteroatoms. The zero-order valence-corrected chi connectivity index (χ0v) is 12.2. The van der Waals surface area contributed by atoms with Crippen LogP contribution >= 0.6 is 15.9 Å². The molecule has 108 valence electrons. The molecule has 0 aliphatic heterocycles. The summed E-state index contributed by atoms with van der Waals surface area (Å²) in [6, 6.07) is 5.45. The van der Waals surface area contributed by atoms with E-state index in [1.807, 2.05) is 0 Å². The standard InChI is InChI=1S/C12H15BrN4O3/c13-9-2-1-3-10(16-9)17-11(18)6-15-7-4-8(5-7)20-12(14)19/h1-3,7-8,15H,4-6H2,(H2,14,19)(H,16,17,18)/t7-,8-. The van der Waals surface area contributed by atoms with E-state index in [0.717, 1.165) is 0 Å². The number of carbonyl (C=O) groups is 2. The monoisotopic (exact) mass is 342 g/mol. The van der Waals surface area contributed by atoms with Crippen LogP contribution in [-0.2, 0) is 9.53 Å². The van der Waals surface area contributed by atoms with Crippen LogP contribution in [0.4, 0.5) is 10.6 Å². The van der Waals surface area contributed by atoms with Gasteiger partial charge in [0.15, 0.2) is 0 Å². The quantitative estimate of drug-likeness (QED) is 0.692. The van der Waals surface area contributed by atoms with Gasteiger partial charge in [0.25, 0.3) is 0 Å². The largest absolute Gasteiger partial charge is 0.446 e. The van der Waals surface area contributed by atoms with Crippen molar-refractivity contribution in [2.75, 3.05) is 11.9 Å². The molecule has 20 heavy (non-hydrogen) atoms. The highest BCUT2D eigenvalue weighted by molar-refractivity contribution is 9.10. The average molecular weight is 343 g/mol. The molecule has 2 rings (SSSR count). The zero-order chi connectivity index (χ0) is 14.5. The second-order valence-electron chi connectivity index (χ2n) is 4.50. The summed E-state index contributed by atoms with van der Waals surface area (Å²) < 4.78 is 5.48. The van der Waals surface area contributed by atoms with Crippen molar-refractivity contribution >= 4 is 33.7 Å². The van der Waals surface area contributed by atoms with E-state index >= 15 is 0 Å². The normalized spacial score (nSPS) is 20.9. The Morgan fingerprint density at radius 2 is 2.20 bits per heavy atom. The van der Waals surface area contributed by atoms with Crippen molar-refractivity contribution in [3.05, 3.63) is 22.8 Å². The molecule has 4 N–H and O–H groups in total. The van der Waals surface area contributed by atoms with Crippen LogP contribution in [0.25, 0.3) is 0 Å². The van der Waals surface area contributed by atoms with E-state index in [1.54, 1.807) is 18.2 Å². The van der Waals surface area contributed by atoms with Crippen LogP contribution in [0.15, 0.2) is 22.8 Å². The number of rotatable bonds is 5. The smallest absolute Gasteiger partial charge is 0.404 e. The fraction of sp³-hybridized carbons (Fsp3) is 0.417. The van der Waals surface area contributed by atoms with Crippen molar-refractivity contribution in [2.24, 2.45) is 5.73 Å². The molecule has 0 radical (unpaired) electrons. The van der Waals surface area contributed by atoms with Gasteiger partial charge < -0.3 is 21.1 Å². The number of amides is 2. The third-order valence-corrected chi connectivity index (χ3v) is 3.35. The molecule has 0 saturated heterocycles. The molecule has 0 aromatic carbocycles. The number of pyridine rings is 1. The highest BCUT2D eigenvalue weighted by Crippen LogP contribution is 2.22. The third kappa shape index (κ3) is 4.46. The molecule has 1 saturated carbocycles. The van der Waals surface area contributed by atoms with Crippen molar-refractivity contribution in [3.63, 3.8) is 0 Å². The minimum atomic E-state index is -0.757. The van der Waals surface area contributed by atoms with Gasteiger partial charge in [-0.05, 0) is 40.9 Å². The Morgan fingerprint density at radius 3 is 2.85 bits per heavy atom. The number of hydrogen-bond donors (Lipinski definition) is 3. The number of halogens is 1. The Balaban J connectivity index is 1.65. The van der Waals surface area contributed by atoms with Gasteiger partial charge in [0.05, 0.1) is 6.54 Å². The first kappa shape index (κ1) is 14.7. The van der Waals surface area contributed by atoms with Crippen LogP contribution in [0.2, 0.25) is 0 Å². The van der Waals surface area contributed by atoms with Gasteiger partial charge >= 0.3 is 6.09 Å². The number of nitrogens with one attached hydrogen (secondary N) is 2. The van der Waals surface area contributed by atoms with E-state index in [9.17, 15) is 9.59 Å². The van der Waals surface area contributed by atoms with Gasteiger partial charge in [-0.3, -0.25) is 4.79 Å². The molecule has 0 unspecified atom stereocenters. The Bertz CT molecular complexity index is 505. The highest BCUT2D eigenvalue weighted by Gasteiger charge is 2.31. The first-order valence-corrected chi connectivity index (χ1v) is 6.94.